The first-order valence-electron chi connectivity index (χ1n) is 2.06. The summed E-state index contributed by atoms with van der Waals surface area (Å²) in [6.45, 7) is 2.21. The predicted octanol–water partition coefficient (Wildman–Crippen LogP) is 3.02. The molecular formula is C4H12Cl3Ti. The Morgan fingerprint density at radius 1 is 1.12 bits per heavy atom. The van der Waals surface area contributed by atoms with E-state index in [1.165, 1.54) is 17.6 Å². The quantitative estimate of drug-likeness (QED) is 0.620. The first kappa shape index (κ1) is 22.6. The smallest absolute Gasteiger partial charge is 0.147 e. The maximum Gasteiger partial charge on any atom is -0.147 e. The van der Waals surface area contributed by atoms with E-state index in [9.17, 15) is 0 Å². The van der Waals surface area contributed by atoms with E-state index in [2.05, 4.69) is 27.4 Å². The number of hydrogen-bond donors (Lipinski definition) is 0. The van der Waals surface area contributed by atoms with E-state index in [0.29, 0.717) is 0 Å². The maximum absolute atomic E-state index is 2.21. The van der Waals surface area contributed by atoms with Crippen LogP contribution in [0.3, 0.4) is 0 Å². The third-order valence-electron chi connectivity index (χ3n) is 0.530. The summed E-state index contributed by atoms with van der Waals surface area (Å²) in [4.78, 5) is 0. The van der Waals surface area contributed by atoms with Crippen molar-refractivity contribution < 1.29 is 20.4 Å². The average Bonchev–Trinajstić information content (AvgIpc) is 1.41. The summed E-state index contributed by atoms with van der Waals surface area (Å²) >= 11 is 2.21. The van der Waals surface area contributed by atoms with Crippen LogP contribution in [0.1, 0.15) is 19.8 Å². The van der Waals surface area contributed by atoms with Gasteiger partial charge in [0.15, 0.2) is 0 Å². The fraction of sp³-hybridized carbons (Fsp3) is 1.00. The third kappa shape index (κ3) is 25.6. The van der Waals surface area contributed by atoms with Crippen molar-refractivity contribution in [1.82, 2.24) is 0 Å². The first-order valence-corrected chi connectivity index (χ1v) is 3.16. The number of halogens is 3. The van der Waals surface area contributed by atoms with Crippen LogP contribution in [0.5, 0.6) is 0 Å². The van der Waals surface area contributed by atoms with Gasteiger partial charge in [-0.3, -0.25) is 0 Å². The molecule has 0 spiro atoms. The Morgan fingerprint density at radius 2 is 1.50 bits per heavy atom. The van der Waals surface area contributed by atoms with E-state index in [1.54, 1.807) is 0 Å². The van der Waals surface area contributed by atoms with Gasteiger partial charge in [-0.2, -0.15) is 0 Å². The fourth-order valence-electron chi connectivity index (χ4n) is 0.177. The minimum atomic E-state index is 0. The summed E-state index contributed by atoms with van der Waals surface area (Å²) in [5.41, 5.74) is 0. The zero-order chi connectivity index (χ0) is 4.12. The molecule has 0 rings (SSSR count). The Kier molecular flexibility index (Phi) is 66.5. The molecule has 0 aliphatic carbocycles. The van der Waals surface area contributed by atoms with E-state index in [-0.39, 0.29) is 37.2 Å². The minimum Gasteiger partial charge on any atom is -0.147 e. The van der Waals surface area contributed by atoms with Gasteiger partial charge in [-0.25, -0.2) is 0 Å². The predicted molar refractivity (Wildman–Crippen MR) is 41.5 cm³/mol. The van der Waals surface area contributed by atoms with Gasteiger partial charge in [0.2, 0.25) is 0 Å². The van der Waals surface area contributed by atoms with E-state index in [0.717, 1.165) is 0 Å². The van der Waals surface area contributed by atoms with Crippen molar-refractivity contribution in [3.8, 4) is 0 Å². The Morgan fingerprint density at radius 3 is 1.50 bits per heavy atom. The molecule has 0 unspecified atom stereocenters. The van der Waals surface area contributed by atoms with Gasteiger partial charge < -0.3 is 0 Å². The molecule has 4 heteroatoms. The van der Waals surface area contributed by atoms with Crippen LogP contribution >= 0.6 is 37.2 Å². The summed E-state index contributed by atoms with van der Waals surface area (Å²) in [5, 5.41) is 0. The molecule has 0 radical (unpaired) electrons. The minimum absolute atomic E-state index is 0. The molecule has 0 aliphatic heterocycles. The third-order valence-corrected chi connectivity index (χ3v) is 1.08. The van der Waals surface area contributed by atoms with Gasteiger partial charge in [0.25, 0.3) is 0 Å². The van der Waals surface area contributed by atoms with Gasteiger partial charge in [-0.1, -0.05) is 0 Å². The summed E-state index contributed by atoms with van der Waals surface area (Å²) in [7, 11) is 0. The Bertz CT molecular complexity index is 18.8. The van der Waals surface area contributed by atoms with Gasteiger partial charge in [0.05, 0.1) is 0 Å². The normalized spacial score (nSPS) is 5.00. The molecule has 0 atom stereocenters. The van der Waals surface area contributed by atoms with E-state index in [1.807, 2.05) is 0 Å². The van der Waals surface area contributed by atoms with Crippen molar-refractivity contribution in [3.05, 3.63) is 0 Å². The molecule has 0 aromatic carbocycles. The second-order valence-electron chi connectivity index (χ2n) is 1.10. The van der Waals surface area contributed by atoms with E-state index >= 15 is 0 Å². The van der Waals surface area contributed by atoms with Crippen molar-refractivity contribution in [2.45, 2.75) is 24.5 Å². The van der Waals surface area contributed by atoms with Gasteiger partial charge >= 0.3 is 44.9 Å². The van der Waals surface area contributed by atoms with Crippen molar-refractivity contribution >= 4 is 37.2 Å². The van der Waals surface area contributed by atoms with Crippen LogP contribution in [0.2, 0.25) is 4.73 Å². The summed E-state index contributed by atoms with van der Waals surface area (Å²) in [6.07, 6.45) is 2.73. The molecule has 0 N–H and O–H groups in total. The first-order chi connectivity index (χ1) is 2.41. The van der Waals surface area contributed by atoms with Crippen LogP contribution in [0, 0.1) is 0 Å². The second-order valence-corrected chi connectivity index (χ2v) is 1.88. The van der Waals surface area contributed by atoms with Crippen LogP contribution in [-0.2, 0) is 20.4 Å². The van der Waals surface area contributed by atoms with Crippen LogP contribution in [0.4, 0.5) is 0 Å². The fourth-order valence-corrected chi connectivity index (χ4v) is 0.729. The van der Waals surface area contributed by atoms with E-state index < -0.39 is 0 Å². The van der Waals surface area contributed by atoms with Crippen LogP contribution < -0.4 is 0 Å². The molecule has 0 saturated carbocycles. The molecule has 0 fully saturated rings. The standard InChI is InChI=1S/C4H9.3ClH.Ti/c1-3-4-2;;;;/h1,3-4H2,2H3;3*1H;. The number of hydrogen-bond acceptors (Lipinski definition) is 0. The maximum atomic E-state index is 2.21. The van der Waals surface area contributed by atoms with Crippen LogP contribution in [0.25, 0.3) is 0 Å². The molecular weight excluding hydrogens is 202 g/mol. The van der Waals surface area contributed by atoms with Crippen LogP contribution in [0.15, 0.2) is 0 Å². The molecule has 53 valence electrons. The molecule has 0 heterocycles. The zero-order valence-corrected chi connectivity index (χ0v) is 8.86. The summed E-state index contributed by atoms with van der Waals surface area (Å²) in [5.74, 6) is 0. The zero-order valence-electron chi connectivity index (χ0n) is 4.85. The Balaban J connectivity index is -0.0000000267. The van der Waals surface area contributed by atoms with Crippen molar-refractivity contribution in [2.24, 2.45) is 0 Å². The second kappa shape index (κ2) is 23.5. The topological polar surface area (TPSA) is 0 Å². The van der Waals surface area contributed by atoms with E-state index in [4.69, 9.17) is 0 Å². The number of rotatable bonds is 2. The SMILES string of the molecule is CCC[CH2][Ti].Cl.Cl.Cl. The van der Waals surface area contributed by atoms with Crippen molar-refractivity contribution in [3.63, 3.8) is 0 Å². The van der Waals surface area contributed by atoms with Gasteiger partial charge in [0.1, 0.15) is 0 Å². The van der Waals surface area contributed by atoms with Crippen molar-refractivity contribution in [2.75, 3.05) is 0 Å². The molecule has 0 aromatic heterocycles. The molecule has 0 aromatic rings. The van der Waals surface area contributed by atoms with Gasteiger partial charge in [-0.05, 0) is 0 Å². The molecule has 0 saturated heterocycles. The summed E-state index contributed by atoms with van der Waals surface area (Å²) in [6, 6.07) is 0. The number of unbranched alkanes of at least 4 members (excludes halogenated alkanes) is 1. The molecule has 0 nitrogen and oxygen atoms in total. The van der Waals surface area contributed by atoms with Crippen LogP contribution in [-0.4, -0.2) is 0 Å². The largest absolute Gasteiger partial charge is 0.147 e. The van der Waals surface area contributed by atoms with Crippen molar-refractivity contribution in [1.29, 1.82) is 0 Å². The molecule has 0 bridgehead atoms. The monoisotopic (exact) mass is 213 g/mol. The Labute approximate surface area is 81.8 Å². The molecule has 8 heavy (non-hydrogen) atoms. The summed E-state index contributed by atoms with van der Waals surface area (Å²) < 4.78 is 1.34. The van der Waals surface area contributed by atoms with Gasteiger partial charge in [0, 0.05) is 0 Å². The average molecular weight is 214 g/mol. The molecule has 0 aliphatic rings. The Hall–Kier alpha value is 1.58. The molecule has 0 amide bonds. The van der Waals surface area contributed by atoms with Gasteiger partial charge in [-0.15, -0.1) is 37.2 Å².